The number of ether oxygens (including phenoxy) is 2. The minimum absolute atomic E-state index is 0.0478. The number of aliphatic hydroxyl groups is 1. The second kappa shape index (κ2) is 32.2. The second-order valence-corrected chi connectivity index (χ2v) is 15.7. The fourth-order valence-corrected chi connectivity index (χ4v) is 7.34. The van der Waals surface area contributed by atoms with Crippen LogP contribution in [0.25, 0.3) is 9.69 Å². The summed E-state index contributed by atoms with van der Waals surface area (Å²) in [5.41, 5.74) is 8.13. The van der Waals surface area contributed by atoms with Crippen LogP contribution in [0, 0.1) is 13.1 Å². The molecule has 4 atom stereocenters. The minimum atomic E-state index is -0.927. The quantitative estimate of drug-likeness (QED) is 0.195. The average molecular weight is 910 g/mol. The second-order valence-electron chi connectivity index (χ2n) is 15.7. The summed E-state index contributed by atoms with van der Waals surface area (Å²) in [6, 6.07) is 14.8. The summed E-state index contributed by atoms with van der Waals surface area (Å²) in [5, 5.41) is 10.0. The first-order valence-corrected chi connectivity index (χ1v) is 22.8. The Bertz CT molecular complexity index is 1970. The number of benzene rings is 1. The van der Waals surface area contributed by atoms with Crippen LogP contribution in [0.15, 0.2) is 84.4 Å². The Morgan fingerprint density at radius 2 is 1.26 bits per heavy atom. The van der Waals surface area contributed by atoms with Crippen LogP contribution in [-0.4, -0.2) is 137 Å². The Morgan fingerprint density at radius 1 is 0.758 bits per heavy atom. The number of esters is 1. The van der Waals surface area contributed by atoms with Gasteiger partial charge in [0.15, 0.2) is 18.5 Å². The molecular formula is C49H67N9O8+2. The summed E-state index contributed by atoms with van der Waals surface area (Å²) in [6.45, 7) is 16.7. The van der Waals surface area contributed by atoms with E-state index in [1.807, 2.05) is 35.2 Å². The number of aromatic nitrogens is 2. The molecule has 1 aliphatic carbocycles. The molecule has 17 heteroatoms. The predicted octanol–water partition coefficient (Wildman–Crippen LogP) is 5.77. The van der Waals surface area contributed by atoms with E-state index in [0.717, 1.165) is 89.6 Å². The lowest BCUT2D eigenvalue weighted by atomic mass is 10.0. The molecule has 0 spiro atoms. The van der Waals surface area contributed by atoms with Crippen molar-refractivity contribution in [1.82, 2.24) is 24.7 Å². The van der Waals surface area contributed by atoms with Gasteiger partial charge in [-0.25, -0.2) is 9.79 Å². The molecule has 3 saturated heterocycles. The van der Waals surface area contributed by atoms with Crippen LogP contribution in [0.2, 0.25) is 0 Å². The van der Waals surface area contributed by atoms with Gasteiger partial charge in [-0.15, -0.1) is 0 Å². The highest BCUT2D eigenvalue weighted by molar-refractivity contribution is 5.85. The molecule has 3 amide bonds. The number of aldehydes is 1. The van der Waals surface area contributed by atoms with Gasteiger partial charge in [0.1, 0.15) is 18.4 Å². The number of nitrogens with zero attached hydrogens (tertiary/aromatic N) is 8. The molecule has 1 saturated carbocycles. The molecule has 66 heavy (non-hydrogen) atoms. The Kier molecular flexibility index (Phi) is 26.2. The Labute approximate surface area is 389 Å². The van der Waals surface area contributed by atoms with Crippen molar-refractivity contribution in [2.75, 3.05) is 59.0 Å². The molecular weight excluding hydrogens is 843 g/mol. The summed E-state index contributed by atoms with van der Waals surface area (Å²) in [6.07, 6.45) is 21.5. The lowest BCUT2D eigenvalue weighted by molar-refractivity contribution is -0.140. The molecule has 17 nitrogen and oxygen atoms in total. The zero-order valence-electron chi connectivity index (χ0n) is 38.2. The van der Waals surface area contributed by atoms with Gasteiger partial charge in [0.2, 0.25) is 5.91 Å². The minimum Gasteiger partial charge on any atom is -0.473 e. The number of aliphatic hydroxyl groups excluding tert-OH is 1. The van der Waals surface area contributed by atoms with Crippen LogP contribution in [-0.2, 0) is 28.7 Å². The zero-order chi connectivity index (χ0) is 47.8. The molecule has 6 heterocycles. The van der Waals surface area contributed by atoms with E-state index in [4.69, 9.17) is 17.0 Å². The SMILES string of the molecule is C#[N+]CC(=O)N1CCCC1.C#[N+]CC(=O)OCC.C1CCCC1.N[C@@H](C(=O)N1CCCC1)[C@@H](O)c1ccccc1.O=C([C@H]1N=COC1c1ccncc1)N1CCCC1.O=Cc1ccncc1. The number of likely N-dealkylation sites (tertiary alicyclic amines) is 3. The van der Waals surface area contributed by atoms with Crippen molar-refractivity contribution in [3.63, 3.8) is 0 Å². The monoisotopic (exact) mass is 910 g/mol. The first-order valence-electron chi connectivity index (χ1n) is 22.8. The van der Waals surface area contributed by atoms with Crippen LogP contribution in [0.5, 0.6) is 0 Å². The molecule has 8 rings (SSSR count). The summed E-state index contributed by atoms with van der Waals surface area (Å²) >= 11 is 0. The third-order valence-corrected chi connectivity index (χ3v) is 10.9. The summed E-state index contributed by atoms with van der Waals surface area (Å²) in [4.78, 5) is 79.2. The number of hydrogen-bond acceptors (Lipinski definition) is 12. The number of nitrogens with two attached hydrogens (primary N) is 1. The molecule has 1 unspecified atom stereocenters. The number of pyridine rings is 2. The number of amides is 3. The van der Waals surface area contributed by atoms with Crippen molar-refractivity contribution in [3.05, 3.63) is 106 Å². The number of carbonyl (C=O) groups excluding carboxylic acids is 5. The van der Waals surface area contributed by atoms with E-state index >= 15 is 0 Å². The number of carbonyl (C=O) groups is 5. The maximum absolute atomic E-state index is 12.3. The largest absolute Gasteiger partial charge is 0.473 e. The Hall–Kier alpha value is -6.56. The molecule has 0 radical (unpaired) electrons. The lowest BCUT2D eigenvalue weighted by Crippen LogP contribution is -2.45. The molecule has 3 N–H and O–H groups in total. The zero-order valence-corrected chi connectivity index (χ0v) is 38.2. The summed E-state index contributed by atoms with van der Waals surface area (Å²) in [5.74, 6) is -0.406. The summed E-state index contributed by atoms with van der Waals surface area (Å²) < 4.78 is 9.93. The van der Waals surface area contributed by atoms with Crippen LogP contribution < -0.4 is 5.73 Å². The molecule has 4 fully saturated rings. The maximum atomic E-state index is 12.3. The van der Waals surface area contributed by atoms with Crippen molar-refractivity contribution >= 4 is 36.4 Å². The number of hydrogen-bond donors (Lipinski definition) is 2. The van der Waals surface area contributed by atoms with Gasteiger partial charge in [0, 0.05) is 69.6 Å². The molecule has 2 aromatic heterocycles. The fraction of sp³-hybridized carbons (Fsp3) is 0.510. The standard InChI is InChI=1S/C13H15N3O2.C13H18N2O2.C7H11N2O.C6H5NO.C5H8NO2.C5H10/c17-13(16-7-1-2-8-16)11-12(18-9-15-11)10-3-5-14-6-4-10;14-11(13(17)15-8-4-5-9-15)12(16)10-6-2-1-3-7-10;1-8-6-7(10)9-4-2-3-5-9;8-5-6-1-3-7-4-2-6;1-3-8-5(7)4-6-2;1-2-4-5-3-1/h3-6,9,11-12H,1-2,7-8H2;1-3,6-7,11-12,16H,4-5,8-9,14H2;1H,2-6H2;1-5H;2H,3-4H2,1H3;1-5H2/q;;+1;;+1;/t11-,12?;11-,12+;;;;/m01..../s1. The van der Waals surface area contributed by atoms with Crippen molar-refractivity contribution in [2.24, 2.45) is 10.7 Å². The first-order chi connectivity index (χ1) is 32.1. The van der Waals surface area contributed by atoms with Gasteiger partial charge < -0.3 is 35.0 Å². The highest BCUT2D eigenvalue weighted by Gasteiger charge is 2.37. The van der Waals surface area contributed by atoms with Crippen molar-refractivity contribution in [2.45, 2.75) is 102 Å². The Balaban J connectivity index is 0.000000222. The van der Waals surface area contributed by atoms with E-state index in [9.17, 15) is 29.1 Å². The number of rotatable bonds is 9. The van der Waals surface area contributed by atoms with E-state index in [0.29, 0.717) is 17.7 Å². The van der Waals surface area contributed by atoms with E-state index in [1.54, 1.807) is 65.8 Å². The van der Waals surface area contributed by atoms with Crippen LogP contribution in [0.4, 0.5) is 0 Å². The third kappa shape index (κ3) is 19.7. The van der Waals surface area contributed by atoms with Gasteiger partial charge >= 0.3 is 25.0 Å². The average Bonchev–Trinajstić information content (AvgIpc) is 4.23. The van der Waals surface area contributed by atoms with Gasteiger partial charge in [-0.05, 0) is 80.8 Å². The van der Waals surface area contributed by atoms with Gasteiger partial charge in [-0.2, -0.15) is 0 Å². The molecule has 4 aliphatic heterocycles. The van der Waals surface area contributed by atoms with Gasteiger partial charge in [0.05, 0.1) is 6.61 Å². The van der Waals surface area contributed by atoms with Gasteiger partial charge in [0.25, 0.3) is 19.1 Å². The van der Waals surface area contributed by atoms with Crippen molar-refractivity contribution in [3.8, 4) is 13.1 Å². The topological polar surface area (TPSA) is 207 Å². The normalized spacial score (nSPS) is 18.4. The molecule has 1 aromatic carbocycles. The third-order valence-electron chi connectivity index (χ3n) is 10.9. The molecule has 3 aromatic rings. The van der Waals surface area contributed by atoms with Crippen LogP contribution >= 0.6 is 0 Å². The highest BCUT2D eigenvalue weighted by Crippen LogP contribution is 2.28. The van der Waals surface area contributed by atoms with E-state index < -0.39 is 18.2 Å². The maximum Gasteiger partial charge on any atom is 0.391 e. The Morgan fingerprint density at radius 3 is 1.74 bits per heavy atom. The molecule has 5 aliphatic rings. The van der Waals surface area contributed by atoms with E-state index in [2.05, 4.69) is 36.0 Å². The molecule has 354 valence electrons. The van der Waals surface area contributed by atoms with Gasteiger partial charge in [-0.3, -0.25) is 29.1 Å². The van der Waals surface area contributed by atoms with E-state index in [1.165, 1.54) is 38.5 Å². The highest BCUT2D eigenvalue weighted by atomic mass is 16.5. The van der Waals surface area contributed by atoms with E-state index in [-0.39, 0.29) is 42.9 Å². The van der Waals surface area contributed by atoms with Gasteiger partial charge in [-0.1, -0.05) is 72.1 Å². The fourth-order valence-electron chi connectivity index (χ4n) is 7.34. The van der Waals surface area contributed by atoms with Crippen LogP contribution in [0.3, 0.4) is 0 Å². The smallest absolute Gasteiger partial charge is 0.391 e. The van der Waals surface area contributed by atoms with Crippen molar-refractivity contribution in [1.29, 1.82) is 0 Å². The molecule has 0 bridgehead atoms. The van der Waals surface area contributed by atoms with Crippen molar-refractivity contribution < 1.29 is 38.6 Å². The predicted molar refractivity (Wildman–Crippen MR) is 253 cm³/mol. The number of aliphatic imine (C=N–C) groups is 1. The summed E-state index contributed by atoms with van der Waals surface area (Å²) in [7, 11) is 0. The lowest BCUT2D eigenvalue weighted by Gasteiger charge is -2.24. The first kappa shape index (κ1) is 53.8. The van der Waals surface area contributed by atoms with Crippen LogP contribution in [0.1, 0.15) is 111 Å².